The van der Waals surface area contributed by atoms with E-state index in [0.29, 0.717) is 50.1 Å². The average molecular weight is 1130 g/mol. The van der Waals surface area contributed by atoms with E-state index in [0.717, 1.165) is 76.2 Å². The van der Waals surface area contributed by atoms with Gasteiger partial charge in [-0.15, -0.1) is 0 Å². The maximum atomic E-state index is 14.6. The summed E-state index contributed by atoms with van der Waals surface area (Å²) in [6.45, 7) is 31.7. The first-order valence-electron chi connectivity index (χ1n) is 30.7. The molecule has 6 fully saturated rings. The van der Waals surface area contributed by atoms with Crippen LogP contribution in [0.25, 0.3) is 0 Å². The number of likely N-dealkylation sites (tertiary alicyclic amines) is 1. The number of amides is 4. The van der Waals surface area contributed by atoms with Crippen LogP contribution in [0.15, 0.2) is 12.2 Å². The highest BCUT2D eigenvalue weighted by molar-refractivity contribution is 7.46. The van der Waals surface area contributed by atoms with Crippen LogP contribution in [0, 0.1) is 80.3 Å². The minimum Gasteiger partial charge on any atom is -0.396 e. The quantitative estimate of drug-likeness (QED) is 0.0453. The van der Waals surface area contributed by atoms with Crippen molar-refractivity contribution in [1.82, 2.24) is 25.3 Å². The zero-order valence-corrected chi connectivity index (χ0v) is 53.0. The normalized spacial score (nSPS) is 35.0. The Balaban J connectivity index is 1.10. The zero-order valence-electron chi connectivity index (χ0n) is 52.1. The second-order valence-corrected chi connectivity index (χ2v) is 29.7. The van der Waals surface area contributed by atoms with Crippen molar-refractivity contribution in [2.24, 2.45) is 80.3 Å². The Hall–Kier alpha value is -2.43. The molecule has 0 radical (unpaired) electrons. The van der Waals surface area contributed by atoms with Crippen molar-refractivity contribution < 1.29 is 52.6 Å². The molecule has 1 aliphatic heterocycles. The van der Waals surface area contributed by atoms with Crippen LogP contribution in [-0.2, 0) is 37.7 Å². The molecule has 0 spiro atoms. The number of aliphatic hydroxyl groups is 1. The molecule has 1 heterocycles. The second kappa shape index (κ2) is 25.4. The number of likely N-dealkylation sites (N-methyl/N-ethyl adjacent to an activating group) is 2. The molecule has 5 N–H and O–H groups in total. The van der Waals surface area contributed by atoms with Gasteiger partial charge in [0.15, 0.2) is 0 Å². The second-order valence-electron chi connectivity index (χ2n) is 28.5. The number of ether oxygens (including phenoxy) is 2. The predicted molar refractivity (Wildman–Crippen MR) is 310 cm³/mol. The first kappa shape index (κ1) is 65.7. The molecule has 6 aliphatic rings. The topological polar surface area (TPSA) is 208 Å². The summed E-state index contributed by atoms with van der Waals surface area (Å²) in [4.78, 5) is 82.0. The molecule has 0 bridgehead atoms. The maximum Gasteiger partial charge on any atom is 0.469 e. The summed E-state index contributed by atoms with van der Waals surface area (Å²) >= 11 is 0. The van der Waals surface area contributed by atoms with Crippen molar-refractivity contribution in [3.8, 4) is 0 Å². The number of carbonyl (C=O) groups is 4. The van der Waals surface area contributed by atoms with E-state index in [1.165, 1.54) is 0 Å². The monoisotopic (exact) mass is 1130 g/mol. The van der Waals surface area contributed by atoms with Gasteiger partial charge in [0, 0.05) is 41.0 Å². The molecule has 16 nitrogen and oxygen atoms in total. The minimum absolute atomic E-state index is 0.0142. The molecule has 0 aromatic heterocycles. The fraction of sp³-hybridized carbons (Fsp3) is 0.903. The van der Waals surface area contributed by atoms with Gasteiger partial charge in [0.05, 0.1) is 48.8 Å². The molecule has 17 heteroatoms. The predicted octanol–water partition coefficient (Wildman–Crippen LogP) is 9.25. The number of nitrogens with one attached hydrogen (secondary N) is 2. The van der Waals surface area contributed by atoms with E-state index in [9.17, 15) is 38.6 Å². The largest absolute Gasteiger partial charge is 0.469 e. The standard InChI is InChI=1S/C62H110N5O11P/c1-19-39(6)53(66(16)57(72)51(37(2)3)64-56(71)52(38(4)5)65(14)15)45(76-17)35-49(69)67-34-20-21-44(67)54(77-18)41(8)55(70)63-33-27-40(7)42-24-30-62(36-68)32-31-60(12)43(50(42)62)22-23-47-59(11)28-26-48(78-79(73,74)75)58(9,10)46(59)25-29-61(47,60)13/h37-39,41-48,50-54,68H,7,19-36H2,1-6,8-18H3,(H,63,70)(H,64,71)(H2,73,74,75)/t39-,41+,42-,43?,44?,45+,46-,47?,48-,50+,51-,52-,53-,54+,59-,60+,61+,62+/m0/s1. The van der Waals surface area contributed by atoms with Crippen molar-refractivity contribution in [3.05, 3.63) is 12.2 Å². The number of hydrogen-bond donors (Lipinski definition) is 5. The lowest BCUT2D eigenvalue weighted by Gasteiger charge is -2.73. The van der Waals surface area contributed by atoms with E-state index in [1.54, 1.807) is 26.2 Å². The molecule has 1 saturated heterocycles. The van der Waals surface area contributed by atoms with Gasteiger partial charge < -0.3 is 44.8 Å². The molecule has 4 amide bonds. The number of methoxy groups -OCH3 is 2. The van der Waals surface area contributed by atoms with Crippen molar-refractivity contribution in [3.63, 3.8) is 0 Å². The van der Waals surface area contributed by atoms with Crippen LogP contribution < -0.4 is 10.6 Å². The summed E-state index contributed by atoms with van der Waals surface area (Å²) in [6.07, 6.45) is 11.0. The smallest absolute Gasteiger partial charge is 0.396 e. The van der Waals surface area contributed by atoms with E-state index < -0.39 is 50.2 Å². The van der Waals surface area contributed by atoms with E-state index in [4.69, 9.17) is 20.6 Å². The summed E-state index contributed by atoms with van der Waals surface area (Å²) in [5.74, 6) is 0.281. The highest BCUT2D eigenvalue weighted by Gasteiger charge is 2.71. The molecule has 18 atom stereocenters. The highest BCUT2D eigenvalue weighted by atomic mass is 31.2. The summed E-state index contributed by atoms with van der Waals surface area (Å²) in [7, 11) is 4.05. The molecule has 5 saturated carbocycles. The molecule has 0 aromatic rings. The number of fused-ring (bicyclic) bond motifs is 7. The maximum absolute atomic E-state index is 14.6. The van der Waals surface area contributed by atoms with Crippen LogP contribution in [-0.4, -0.2) is 151 Å². The van der Waals surface area contributed by atoms with E-state index in [2.05, 4.69) is 59.1 Å². The van der Waals surface area contributed by atoms with Crippen molar-refractivity contribution in [2.45, 2.75) is 222 Å². The fourth-order valence-corrected chi connectivity index (χ4v) is 19.6. The molecular weight excluding hydrogens is 1020 g/mol. The van der Waals surface area contributed by atoms with Crippen molar-refractivity contribution in [2.75, 3.05) is 55.1 Å². The molecule has 3 unspecified atom stereocenters. The van der Waals surface area contributed by atoms with Crippen LogP contribution in [0.4, 0.5) is 0 Å². The molecule has 5 aliphatic carbocycles. The van der Waals surface area contributed by atoms with Crippen LogP contribution >= 0.6 is 7.82 Å². The van der Waals surface area contributed by atoms with E-state index in [1.807, 2.05) is 58.5 Å². The van der Waals surface area contributed by atoms with Crippen LogP contribution in [0.3, 0.4) is 0 Å². The third-order valence-corrected chi connectivity index (χ3v) is 23.9. The van der Waals surface area contributed by atoms with E-state index in [-0.39, 0.29) is 99.4 Å². The van der Waals surface area contributed by atoms with Gasteiger partial charge in [-0.2, -0.15) is 0 Å². The number of aliphatic hydroxyl groups excluding tert-OH is 1. The minimum atomic E-state index is -4.63. The van der Waals surface area contributed by atoms with Crippen LogP contribution in [0.5, 0.6) is 0 Å². The lowest BCUT2D eigenvalue weighted by Crippen LogP contribution is -2.66. The Bertz CT molecular complexity index is 2200. The van der Waals surface area contributed by atoms with Gasteiger partial charge in [-0.05, 0) is 172 Å². The summed E-state index contributed by atoms with van der Waals surface area (Å²) in [5.41, 5.74) is 0.733. The van der Waals surface area contributed by atoms with Crippen molar-refractivity contribution >= 4 is 31.5 Å². The van der Waals surface area contributed by atoms with Gasteiger partial charge >= 0.3 is 7.82 Å². The van der Waals surface area contributed by atoms with Gasteiger partial charge in [0.25, 0.3) is 0 Å². The molecular formula is C62H110N5O11P. The first-order valence-corrected chi connectivity index (χ1v) is 32.2. The Kier molecular flexibility index (Phi) is 21.1. The Morgan fingerprint density at radius 3 is 2.05 bits per heavy atom. The summed E-state index contributed by atoms with van der Waals surface area (Å²) in [6, 6.07) is -1.97. The Labute approximate surface area is 477 Å². The third kappa shape index (κ3) is 12.5. The third-order valence-electron chi connectivity index (χ3n) is 23.3. The molecule has 454 valence electrons. The first-order chi connectivity index (χ1) is 36.8. The SMILES string of the molecule is C=C(CCNC(=O)[C@H](C)[C@@H](OC)C1CCCN1C(=O)C[C@@H](OC)[C@H]([C@@H](C)CC)N(C)C(=O)[C@@H](NC(=O)[C@H](C(C)C)N(C)C)C(C)C)[C@@H]1CC[C@]2(CO)CC[C@]3(C)C(CCC4[C@@]5(C)CC[C@H](OP(=O)(O)O)C(C)(C)[C@@H]5CC[C@]43C)[C@@H]12. The highest BCUT2D eigenvalue weighted by Crippen LogP contribution is 2.78. The Morgan fingerprint density at radius 1 is 0.810 bits per heavy atom. The fourth-order valence-electron chi connectivity index (χ4n) is 18.9. The zero-order chi connectivity index (χ0) is 59.1. The van der Waals surface area contributed by atoms with Gasteiger partial charge in [0.1, 0.15) is 6.04 Å². The van der Waals surface area contributed by atoms with Crippen molar-refractivity contribution in [1.29, 1.82) is 0 Å². The summed E-state index contributed by atoms with van der Waals surface area (Å²) in [5, 5.41) is 17.7. The number of hydrogen-bond acceptors (Lipinski definition) is 10. The number of phosphoric acid groups is 1. The lowest BCUT2D eigenvalue weighted by atomic mass is 9.32. The summed E-state index contributed by atoms with van der Waals surface area (Å²) < 4.78 is 29.9. The average Bonchev–Trinajstić information content (AvgIpc) is 4.24. The number of phosphoric ester groups is 1. The number of rotatable bonds is 24. The number of nitrogens with zero attached hydrogens (tertiary/aromatic N) is 3. The van der Waals surface area contributed by atoms with Crippen LogP contribution in [0.2, 0.25) is 0 Å². The van der Waals surface area contributed by atoms with Gasteiger partial charge in [-0.25, -0.2) is 4.57 Å². The van der Waals surface area contributed by atoms with E-state index >= 15 is 0 Å². The lowest BCUT2D eigenvalue weighted by molar-refractivity contribution is -0.248. The number of carbonyl (C=O) groups excluding carboxylic acids is 4. The molecule has 0 aromatic carbocycles. The van der Waals surface area contributed by atoms with Crippen LogP contribution in [0.1, 0.15) is 179 Å². The molecule has 6 rings (SSSR count). The van der Waals surface area contributed by atoms with Gasteiger partial charge in [0.2, 0.25) is 23.6 Å². The Morgan fingerprint density at radius 2 is 1.48 bits per heavy atom. The molecule has 79 heavy (non-hydrogen) atoms. The van der Waals surface area contributed by atoms with Gasteiger partial charge in [-0.3, -0.25) is 28.6 Å². The van der Waals surface area contributed by atoms with Gasteiger partial charge in [-0.1, -0.05) is 102 Å².